The molecule has 0 unspecified atom stereocenters. The largest absolute Gasteiger partial charge is 0.392 e. The van der Waals surface area contributed by atoms with E-state index in [-0.39, 0.29) is 36.5 Å². The molecule has 0 bridgehead atoms. The van der Waals surface area contributed by atoms with Crippen molar-refractivity contribution < 1.29 is 24.2 Å². The summed E-state index contributed by atoms with van der Waals surface area (Å²) in [5.41, 5.74) is 5.97. The van der Waals surface area contributed by atoms with Crippen LogP contribution in [0.1, 0.15) is 79.2 Å². The number of rotatable bonds is 15. The summed E-state index contributed by atoms with van der Waals surface area (Å²) in [5.74, 6) is 0.790. The highest BCUT2D eigenvalue weighted by Gasteiger charge is 2.38. The lowest BCUT2D eigenvalue weighted by atomic mass is 9.91. The molecule has 4 atom stereocenters. The molecule has 3 aromatic carbocycles. The van der Waals surface area contributed by atoms with Gasteiger partial charge >= 0.3 is 0 Å². The van der Waals surface area contributed by atoms with Crippen LogP contribution in [-0.2, 0) is 32.2 Å². The van der Waals surface area contributed by atoms with Gasteiger partial charge in [0.1, 0.15) is 5.01 Å². The Morgan fingerprint density at radius 1 is 0.917 bits per heavy atom. The minimum absolute atomic E-state index is 0.00238. The Hall–Kier alpha value is -3.61. The number of hydrogen-bond acceptors (Lipinski definition) is 9. The lowest BCUT2D eigenvalue weighted by Gasteiger charge is -2.41. The molecule has 11 heteroatoms. The van der Waals surface area contributed by atoms with Crippen LogP contribution in [0.15, 0.2) is 77.1 Å². The molecular weight excluding hydrogens is 645 g/mol. The van der Waals surface area contributed by atoms with Gasteiger partial charge in [-0.25, -0.2) is 0 Å². The van der Waals surface area contributed by atoms with E-state index in [0.717, 1.165) is 67.7 Å². The van der Waals surface area contributed by atoms with Gasteiger partial charge in [0, 0.05) is 43.7 Å². The number of benzene rings is 3. The van der Waals surface area contributed by atoms with E-state index in [4.69, 9.17) is 9.47 Å². The number of aliphatic hydroxyl groups excluding tert-OH is 1. The summed E-state index contributed by atoms with van der Waals surface area (Å²) in [4.78, 5) is 23.5. The summed E-state index contributed by atoms with van der Waals surface area (Å²) in [6, 6.07) is 24.3. The van der Waals surface area contributed by atoms with Gasteiger partial charge in [-0.3, -0.25) is 9.59 Å². The molecule has 9 nitrogen and oxygen atoms in total. The first kappa shape index (κ1) is 35.7. The zero-order valence-corrected chi connectivity index (χ0v) is 29.3. The molecule has 48 heavy (non-hydrogen) atoms. The summed E-state index contributed by atoms with van der Waals surface area (Å²) in [7, 11) is 0. The maximum atomic E-state index is 12.5. The number of aliphatic hydroxyl groups is 1. The Morgan fingerprint density at radius 2 is 1.67 bits per heavy atom. The topological polar surface area (TPSA) is 123 Å². The molecule has 1 aromatic heterocycles. The van der Waals surface area contributed by atoms with Gasteiger partial charge < -0.3 is 25.2 Å². The molecule has 0 aliphatic carbocycles. The Labute approximate surface area is 290 Å². The number of amides is 2. The molecule has 3 N–H and O–H groups in total. The Kier molecular flexibility index (Phi) is 13.2. The number of aromatic nitrogens is 2. The van der Waals surface area contributed by atoms with Gasteiger partial charge in [0.15, 0.2) is 10.6 Å². The Balaban J connectivity index is 1.25. The van der Waals surface area contributed by atoms with E-state index in [1.165, 1.54) is 6.92 Å². The number of ether oxygens (including phenoxy) is 2. The van der Waals surface area contributed by atoms with Crippen molar-refractivity contribution in [2.75, 3.05) is 12.3 Å². The van der Waals surface area contributed by atoms with E-state index in [2.05, 4.69) is 58.1 Å². The van der Waals surface area contributed by atoms with Crippen LogP contribution in [0.2, 0.25) is 0 Å². The smallest absolute Gasteiger partial charge is 0.220 e. The van der Waals surface area contributed by atoms with Crippen molar-refractivity contribution in [3.05, 3.63) is 100 Å². The van der Waals surface area contributed by atoms with Crippen molar-refractivity contribution in [1.82, 2.24) is 20.8 Å². The van der Waals surface area contributed by atoms with E-state index in [1.54, 1.807) is 23.1 Å². The van der Waals surface area contributed by atoms with Crippen LogP contribution in [-0.4, -0.2) is 45.5 Å². The molecule has 2 heterocycles. The molecule has 1 aliphatic rings. The van der Waals surface area contributed by atoms with E-state index in [1.807, 2.05) is 49.4 Å². The zero-order chi connectivity index (χ0) is 33.9. The van der Waals surface area contributed by atoms with Gasteiger partial charge in [-0.2, -0.15) is 0 Å². The lowest BCUT2D eigenvalue weighted by molar-refractivity contribution is -0.268. The van der Waals surface area contributed by atoms with E-state index in [9.17, 15) is 14.7 Å². The van der Waals surface area contributed by atoms with E-state index in [0.29, 0.717) is 19.5 Å². The lowest BCUT2D eigenvalue weighted by Crippen LogP contribution is -2.38. The van der Waals surface area contributed by atoms with Crippen molar-refractivity contribution in [3.63, 3.8) is 0 Å². The van der Waals surface area contributed by atoms with Crippen LogP contribution in [0.5, 0.6) is 0 Å². The minimum atomic E-state index is -0.563. The summed E-state index contributed by atoms with van der Waals surface area (Å²) in [6.07, 6.45) is 2.15. The number of carbonyl (C=O) groups excluding carboxylic acids is 2. The number of aryl methyl sites for hydroxylation is 1. The fourth-order valence-corrected chi connectivity index (χ4v) is 7.72. The number of hydrogen-bond donors (Lipinski definition) is 3. The number of unbranched alkanes of at least 4 members (excludes halogenated alkanes) is 2. The molecule has 1 aliphatic heterocycles. The number of nitrogens with zero attached hydrogens (tertiary/aromatic N) is 2. The Bertz CT molecular complexity index is 1630. The van der Waals surface area contributed by atoms with Crippen molar-refractivity contribution in [1.29, 1.82) is 0 Å². The predicted molar refractivity (Wildman–Crippen MR) is 189 cm³/mol. The summed E-state index contributed by atoms with van der Waals surface area (Å²) >= 11 is 3.24. The second kappa shape index (κ2) is 17.7. The normalized spacial score (nSPS) is 19.2. The summed E-state index contributed by atoms with van der Waals surface area (Å²) in [5, 5.41) is 24.8. The molecule has 4 aromatic rings. The molecule has 0 spiro atoms. The van der Waals surface area contributed by atoms with Crippen LogP contribution < -0.4 is 10.6 Å². The molecule has 5 rings (SSSR count). The average molecular weight is 689 g/mol. The molecular formula is C37H44N4O5S2. The molecule has 0 radical (unpaired) electrons. The van der Waals surface area contributed by atoms with Gasteiger partial charge in [0.05, 0.1) is 18.8 Å². The number of thioether (sulfide) groups is 1. The Morgan fingerprint density at radius 3 is 2.38 bits per heavy atom. The van der Waals surface area contributed by atoms with Crippen molar-refractivity contribution in [2.45, 2.75) is 82.4 Å². The van der Waals surface area contributed by atoms with E-state index < -0.39 is 6.29 Å². The molecule has 254 valence electrons. The molecule has 1 saturated heterocycles. The quantitative estimate of drug-likeness (QED) is 0.0911. The van der Waals surface area contributed by atoms with Crippen molar-refractivity contribution in [2.24, 2.45) is 5.92 Å². The first-order valence-electron chi connectivity index (χ1n) is 16.4. The maximum absolute atomic E-state index is 12.5. The highest BCUT2D eigenvalue weighted by Crippen LogP contribution is 2.43. The fourth-order valence-electron chi connectivity index (χ4n) is 5.71. The third-order valence-corrected chi connectivity index (χ3v) is 10.5. The van der Waals surface area contributed by atoms with E-state index >= 15 is 0 Å². The van der Waals surface area contributed by atoms with Gasteiger partial charge in [0.25, 0.3) is 0 Å². The monoisotopic (exact) mass is 688 g/mol. The molecule has 2 amide bonds. The fraction of sp³-hybridized carbons (Fsp3) is 0.405. The highest BCUT2D eigenvalue weighted by atomic mass is 32.2. The minimum Gasteiger partial charge on any atom is -0.392 e. The van der Waals surface area contributed by atoms with Gasteiger partial charge in [-0.1, -0.05) is 109 Å². The van der Waals surface area contributed by atoms with Crippen LogP contribution in [0.3, 0.4) is 0 Å². The predicted octanol–water partition coefficient (Wildman–Crippen LogP) is 6.90. The van der Waals surface area contributed by atoms with Crippen molar-refractivity contribution in [3.8, 4) is 11.1 Å². The first-order chi connectivity index (χ1) is 23.3. The van der Waals surface area contributed by atoms with Crippen molar-refractivity contribution >= 4 is 34.9 Å². The second-order valence-corrected chi connectivity index (χ2v) is 14.5. The molecule has 0 saturated carbocycles. The summed E-state index contributed by atoms with van der Waals surface area (Å²) in [6.45, 7) is 6.71. The standard InChI is InChI=1S/C37H44N4O5S2/c1-24-33(23-47-37-41-40-26(3)48-37)45-36(46-35(24)29-14-12-27(22-42)13-15-29)30-18-16-28(17-19-30)32-10-7-6-9-31(32)21-39-34(44)11-5-4-8-20-38-25(2)43/h6-7,9-10,12-19,24,33,35-36,42H,4-5,8,11,20-23H2,1-3H3,(H,38,43)(H,39,44)/t24-,33+,35+,36+/m0/s1. The highest BCUT2D eigenvalue weighted by molar-refractivity contribution is 8.01. The SMILES string of the molecule is CC(=O)NCCCCCC(=O)NCc1ccccc1-c1ccc([C@@H]2O[C@H](CSc3nnc(C)s3)[C@H](C)[C@H](c3ccc(CO)cc3)O2)cc1. The van der Waals surface area contributed by atoms with Crippen LogP contribution in [0.25, 0.3) is 11.1 Å². The van der Waals surface area contributed by atoms with Crippen LogP contribution in [0.4, 0.5) is 0 Å². The summed E-state index contributed by atoms with van der Waals surface area (Å²) < 4.78 is 14.2. The number of carbonyl (C=O) groups is 2. The maximum Gasteiger partial charge on any atom is 0.220 e. The van der Waals surface area contributed by atoms with Crippen LogP contribution >= 0.6 is 23.1 Å². The molecule has 1 fully saturated rings. The third kappa shape index (κ3) is 9.96. The zero-order valence-electron chi connectivity index (χ0n) is 27.7. The van der Waals surface area contributed by atoms with Gasteiger partial charge in [0.2, 0.25) is 11.8 Å². The number of nitrogens with one attached hydrogen (secondary N) is 2. The first-order valence-corrected chi connectivity index (χ1v) is 18.2. The third-order valence-electron chi connectivity index (χ3n) is 8.44. The van der Waals surface area contributed by atoms with Gasteiger partial charge in [-0.05, 0) is 47.6 Å². The van der Waals surface area contributed by atoms with Gasteiger partial charge in [-0.15, -0.1) is 10.2 Å². The average Bonchev–Trinajstić information content (AvgIpc) is 3.53. The van der Waals surface area contributed by atoms with Crippen LogP contribution in [0, 0.1) is 12.8 Å². The second-order valence-electron chi connectivity index (χ2n) is 12.1.